The van der Waals surface area contributed by atoms with E-state index in [4.69, 9.17) is 9.47 Å². The second-order valence-corrected chi connectivity index (χ2v) is 7.18. The Morgan fingerprint density at radius 3 is 2.00 bits per heavy atom. The summed E-state index contributed by atoms with van der Waals surface area (Å²) in [6.45, 7) is 8.14. The number of benzene rings is 3. The molecule has 0 amide bonds. The third kappa shape index (κ3) is 6.26. The summed E-state index contributed by atoms with van der Waals surface area (Å²) in [6.07, 6.45) is 2.84. The summed E-state index contributed by atoms with van der Waals surface area (Å²) in [7, 11) is 0. The van der Waals surface area contributed by atoms with Crippen LogP contribution in [0.15, 0.2) is 91.9 Å². The number of carbonyl (C=O) groups excluding carboxylic acids is 2. The molecule has 3 aromatic rings. The Balaban J connectivity index is 1.79. The molecule has 5 nitrogen and oxygen atoms in total. The summed E-state index contributed by atoms with van der Waals surface area (Å²) in [5.41, 5.74) is 0.796. The zero-order chi connectivity index (χ0) is 25.5. The van der Waals surface area contributed by atoms with Gasteiger partial charge in [0.05, 0.1) is 0 Å². The van der Waals surface area contributed by atoms with Crippen molar-refractivity contribution in [2.75, 3.05) is 0 Å². The topological polar surface area (TPSA) is 61.8 Å². The third-order valence-electron chi connectivity index (χ3n) is 4.62. The molecule has 0 fully saturated rings. The van der Waals surface area contributed by atoms with Crippen LogP contribution in [0.5, 0.6) is 11.5 Å². The zero-order valence-corrected chi connectivity index (χ0v) is 18.5. The number of esters is 2. The van der Waals surface area contributed by atoms with Gasteiger partial charge in [-0.05, 0) is 48.4 Å². The van der Waals surface area contributed by atoms with E-state index in [1.807, 2.05) is 0 Å². The molecule has 3 rings (SSSR count). The maximum absolute atomic E-state index is 14.9. The molecule has 0 saturated heterocycles. The molecule has 8 heteroatoms. The van der Waals surface area contributed by atoms with E-state index < -0.39 is 29.4 Å². The van der Waals surface area contributed by atoms with Crippen LogP contribution >= 0.6 is 0 Å². The van der Waals surface area contributed by atoms with Gasteiger partial charge in [0.25, 0.3) is 0 Å². The monoisotopic (exact) mass is 480 g/mol. The Labute approximate surface area is 199 Å². The van der Waals surface area contributed by atoms with E-state index in [0.717, 1.165) is 36.8 Å². The molecule has 0 saturated carbocycles. The van der Waals surface area contributed by atoms with Crippen molar-refractivity contribution in [1.29, 1.82) is 0 Å². The van der Waals surface area contributed by atoms with Gasteiger partial charge in [-0.15, -0.1) is 0 Å². The van der Waals surface area contributed by atoms with Crippen molar-refractivity contribution in [3.8, 4) is 33.8 Å². The van der Waals surface area contributed by atoms with Crippen molar-refractivity contribution in [2.45, 2.75) is 6.92 Å². The minimum atomic E-state index is -0.781. The summed E-state index contributed by atoms with van der Waals surface area (Å²) in [5, 5.41) is 0. The van der Waals surface area contributed by atoms with Crippen LogP contribution in [-0.4, -0.2) is 11.9 Å². The first-order chi connectivity index (χ1) is 16.7. The average molecular weight is 480 g/mol. The van der Waals surface area contributed by atoms with Crippen molar-refractivity contribution in [1.82, 2.24) is 0 Å². The minimum absolute atomic E-state index is 0.0113. The Kier molecular flexibility index (Phi) is 7.88. The number of rotatable bonds is 8. The highest BCUT2D eigenvalue weighted by Gasteiger charge is 2.14. The van der Waals surface area contributed by atoms with Gasteiger partial charge in [0.2, 0.25) is 0 Å². The molecular formula is C27H19F3O5. The van der Waals surface area contributed by atoms with Crippen LogP contribution in [0, 0.1) is 17.5 Å². The van der Waals surface area contributed by atoms with E-state index >= 15 is 0 Å². The van der Waals surface area contributed by atoms with E-state index in [1.54, 1.807) is 0 Å². The predicted molar refractivity (Wildman–Crippen MR) is 124 cm³/mol. The van der Waals surface area contributed by atoms with Gasteiger partial charge in [-0.3, -0.25) is 0 Å². The van der Waals surface area contributed by atoms with Gasteiger partial charge < -0.3 is 14.2 Å². The van der Waals surface area contributed by atoms with E-state index in [2.05, 4.69) is 17.9 Å². The lowest BCUT2D eigenvalue weighted by Gasteiger charge is -2.10. The van der Waals surface area contributed by atoms with Crippen LogP contribution in [0.1, 0.15) is 6.92 Å². The Hall–Kier alpha value is -4.59. The van der Waals surface area contributed by atoms with Crippen molar-refractivity contribution in [2.24, 2.45) is 0 Å². The molecule has 0 bridgehead atoms. The molecule has 0 heterocycles. The maximum atomic E-state index is 14.9. The summed E-state index contributed by atoms with van der Waals surface area (Å²) >= 11 is 0. The minimum Gasteiger partial charge on any atom is -0.459 e. The number of carbonyl (C=O) groups is 2. The fraction of sp³-hybridized carbons (Fsp3) is 0.0370. The van der Waals surface area contributed by atoms with Crippen LogP contribution in [0.25, 0.3) is 22.3 Å². The van der Waals surface area contributed by atoms with Gasteiger partial charge in [0.1, 0.15) is 29.9 Å². The zero-order valence-electron chi connectivity index (χ0n) is 18.5. The smallest absolute Gasteiger partial charge is 0.338 e. The Bertz CT molecular complexity index is 1340. The molecule has 0 spiro atoms. The van der Waals surface area contributed by atoms with Crippen molar-refractivity contribution in [3.05, 3.63) is 109 Å². The van der Waals surface area contributed by atoms with Crippen LogP contribution in [0.3, 0.4) is 0 Å². The van der Waals surface area contributed by atoms with Gasteiger partial charge in [0.15, 0.2) is 11.6 Å². The molecule has 0 aromatic heterocycles. The molecule has 0 N–H and O–H groups in total. The highest BCUT2D eigenvalue weighted by atomic mass is 19.1. The largest absolute Gasteiger partial charge is 0.459 e. The molecule has 3 aromatic carbocycles. The van der Waals surface area contributed by atoms with Gasteiger partial charge in [-0.2, -0.15) is 0 Å². The van der Waals surface area contributed by atoms with E-state index in [9.17, 15) is 22.8 Å². The third-order valence-corrected chi connectivity index (χ3v) is 4.62. The van der Waals surface area contributed by atoms with E-state index in [1.165, 1.54) is 43.3 Å². The van der Waals surface area contributed by atoms with Crippen LogP contribution in [0.2, 0.25) is 0 Å². The first-order valence-corrected chi connectivity index (χ1v) is 10.1. The number of hydrogen-bond acceptors (Lipinski definition) is 5. The SMILES string of the molecule is C=CC(=O)O/C=C\Oc1ccc(-c2ccc(-c3ccc(OC(=O)C(=C)C)cc3F)cc2F)cc1F. The molecule has 0 radical (unpaired) electrons. The average Bonchev–Trinajstić information content (AvgIpc) is 2.82. The Morgan fingerprint density at radius 2 is 1.43 bits per heavy atom. The Morgan fingerprint density at radius 1 is 0.829 bits per heavy atom. The van der Waals surface area contributed by atoms with Gasteiger partial charge >= 0.3 is 11.9 Å². The van der Waals surface area contributed by atoms with Crippen LogP contribution < -0.4 is 9.47 Å². The second kappa shape index (κ2) is 11.0. The lowest BCUT2D eigenvalue weighted by Crippen LogP contribution is -2.08. The van der Waals surface area contributed by atoms with E-state index in [0.29, 0.717) is 0 Å². The first-order valence-electron chi connectivity index (χ1n) is 10.1. The molecule has 0 aliphatic carbocycles. The van der Waals surface area contributed by atoms with Crippen LogP contribution in [0.4, 0.5) is 13.2 Å². The van der Waals surface area contributed by atoms with Crippen molar-refractivity contribution >= 4 is 11.9 Å². The molecule has 178 valence electrons. The number of halogens is 3. The van der Waals surface area contributed by atoms with Gasteiger partial charge in [-0.25, -0.2) is 22.8 Å². The second-order valence-electron chi connectivity index (χ2n) is 7.18. The quantitative estimate of drug-likeness (QED) is 0.159. The lowest BCUT2D eigenvalue weighted by atomic mass is 9.99. The molecule has 35 heavy (non-hydrogen) atoms. The summed E-state index contributed by atoms with van der Waals surface area (Å²) < 4.78 is 58.5. The molecule has 0 aliphatic heterocycles. The van der Waals surface area contributed by atoms with Gasteiger partial charge in [0, 0.05) is 28.8 Å². The fourth-order valence-electron chi connectivity index (χ4n) is 2.91. The number of hydrogen-bond donors (Lipinski definition) is 0. The number of ether oxygens (including phenoxy) is 3. The van der Waals surface area contributed by atoms with Crippen molar-refractivity contribution < 1.29 is 37.0 Å². The molecule has 0 atom stereocenters. The summed E-state index contributed by atoms with van der Waals surface area (Å²) in [5.74, 6) is -3.79. The summed E-state index contributed by atoms with van der Waals surface area (Å²) in [4.78, 5) is 22.5. The van der Waals surface area contributed by atoms with Gasteiger partial charge in [-0.1, -0.05) is 31.4 Å². The fourth-order valence-corrected chi connectivity index (χ4v) is 2.91. The lowest BCUT2D eigenvalue weighted by molar-refractivity contribution is -0.132. The summed E-state index contributed by atoms with van der Waals surface area (Å²) in [6, 6.07) is 11.5. The highest BCUT2D eigenvalue weighted by Crippen LogP contribution is 2.32. The normalized spacial score (nSPS) is 10.6. The maximum Gasteiger partial charge on any atom is 0.338 e. The predicted octanol–water partition coefficient (Wildman–Crippen LogP) is 6.50. The van der Waals surface area contributed by atoms with E-state index in [-0.39, 0.29) is 39.3 Å². The molecular weight excluding hydrogens is 461 g/mol. The van der Waals surface area contributed by atoms with Crippen LogP contribution in [-0.2, 0) is 14.3 Å². The molecule has 0 unspecified atom stereocenters. The standard InChI is InChI=1S/C27H19F3O5/c1-4-26(31)34-12-11-33-25-10-6-18(14-24(25)30)20-8-5-17(13-22(20)28)21-9-7-19(15-23(21)29)35-27(32)16(2)3/h4-15H,1-2H2,3H3/b12-11-. The van der Waals surface area contributed by atoms with Crippen molar-refractivity contribution in [3.63, 3.8) is 0 Å². The molecule has 0 aliphatic rings. The highest BCUT2D eigenvalue weighted by molar-refractivity contribution is 5.88. The first kappa shape index (κ1) is 25.0.